The fourth-order valence-electron chi connectivity index (χ4n) is 0.564. The molecule has 0 saturated carbocycles. The Morgan fingerprint density at radius 3 is 2.44 bits per heavy atom. The van der Waals surface area contributed by atoms with E-state index in [4.69, 9.17) is 5.73 Å². The molecule has 0 aromatic heterocycles. The lowest BCUT2D eigenvalue weighted by Gasteiger charge is -1.94. The highest BCUT2D eigenvalue weighted by Gasteiger charge is 1.92. The lowest BCUT2D eigenvalue weighted by molar-refractivity contribution is -0.117. The number of nitrogens with two attached hydrogens (primary N) is 1. The Bertz CT molecular complexity index is 104. The number of hydrogen-bond donors (Lipinski definition) is 1. The number of carbonyl (C=O) groups is 1. The third kappa shape index (κ3) is 7.21. The Hall–Kier alpha value is -0.790. The van der Waals surface area contributed by atoms with E-state index in [9.17, 15) is 4.79 Å². The van der Waals surface area contributed by atoms with Crippen molar-refractivity contribution in [2.45, 2.75) is 26.2 Å². The molecule has 0 atom stereocenters. The molecule has 0 fully saturated rings. The van der Waals surface area contributed by atoms with Gasteiger partial charge in [-0.25, -0.2) is 0 Å². The normalized spacial score (nSPS) is 9.00. The third-order valence-electron chi connectivity index (χ3n) is 1.03. The fraction of sp³-hybridized carbons (Fsp3) is 0.571. The van der Waals surface area contributed by atoms with Gasteiger partial charge in [0.15, 0.2) is 0 Å². The van der Waals surface area contributed by atoms with Gasteiger partial charge in [-0.05, 0) is 19.8 Å². The van der Waals surface area contributed by atoms with E-state index in [-0.39, 0.29) is 5.78 Å². The van der Waals surface area contributed by atoms with Crippen molar-refractivity contribution in [3.05, 3.63) is 12.3 Å². The number of Topliss-reactive ketones (excluding diaryl/α,β-unsaturated/α-hetero) is 1. The van der Waals surface area contributed by atoms with Crippen LogP contribution in [0.2, 0.25) is 0 Å². The Morgan fingerprint density at radius 1 is 1.56 bits per heavy atom. The Labute approximate surface area is 55.7 Å². The number of allylic oxidation sites excluding steroid dienone is 1. The van der Waals surface area contributed by atoms with E-state index in [2.05, 4.69) is 6.58 Å². The van der Waals surface area contributed by atoms with Crippen molar-refractivity contribution in [1.29, 1.82) is 0 Å². The molecule has 0 bridgehead atoms. The summed E-state index contributed by atoms with van der Waals surface area (Å²) in [6.07, 6.45) is 2.22. The van der Waals surface area contributed by atoms with E-state index in [0.29, 0.717) is 12.1 Å². The fourth-order valence-corrected chi connectivity index (χ4v) is 0.564. The van der Waals surface area contributed by atoms with Gasteiger partial charge in [0.1, 0.15) is 5.78 Å². The van der Waals surface area contributed by atoms with Crippen molar-refractivity contribution >= 4 is 5.78 Å². The molecule has 0 aliphatic rings. The monoisotopic (exact) mass is 127 g/mol. The van der Waals surface area contributed by atoms with Gasteiger partial charge in [0.05, 0.1) is 0 Å². The summed E-state index contributed by atoms with van der Waals surface area (Å²) >= 11 is 0. The van der Waals surface area contributed by atoms with Crippen molar-refractivity contribution in [3.8, 4) is 0 Å². The molecule has 0 radical (unpaired) electrons. The summed E-state index contributed by atoms with van der Waals surface area (Å²) in [7, 11) is 0. The van der Waals surface area contributed by atoms with Gasteiger partial charge in [-0.1, -0.05) is 6.58 Å². The van der Waals surface area contributed by atoms with Crippen LogP contribution < -0.4 is 5.73 Å². The summed E-state index contributed by atoms with van der Waals surface area (Å²) in [6, 6.07) is 0. The summed E-state index contributed by atoms with van der Waals surface area (Å²) in [6.45, 7) is 5.10. The lowest BCUT2D eigenvalue weighted by atomic mass is 10.2. The molecule has 0 rings (SSSR count). The molecular formula is C7H13NO. The van der Waals surface area contributed by atoms with Crippen molar-refractivity contribution in [3.63, 3.8) is 0 Å². The SMILES string of the molecule is C=C(N)CCCC(C)=O. The molecule has 0 amide bonds. The Kier molecular flexibility index (Phi) is 3.76. The van der Waals surface area contributed by atoms with E-state index in [1.54, 1.807) is 6.92 Å². The van der Waals surface area contributed by atoms with E-state index < -0.39 is 0 Å². The first-order chi connectivity index (χ1) is 4.13. The molecule has 2 nitrogen and oxygen atoms in total. The number of rotatable bonds is 4. The van der Waals surface area contributed by atoms with Crippen LogP contribution >= 0.6 is 0 Å². The van der Waals surface area contributed by atoms with Gasteiger partial charge in [-0.15, -0.1) is 0 Å². The molecule has 0 aliphatic carbocycles. The maximum absolute atomic E-state index is 10.4. The van der Waals surface area contributed by atoms with Crippen molar-refractivity contribution in [1.82, 2.24) is 0 Å². The molecular weight excluding hydrogens is 114 g/mol. The molecule has 0 spiro atoms. The summed E-state index contributed by atoms with van der Waals surface area (Å²) < 4.78 is 0. The van der Waals surface area contributed by atoms with Crippen molar-refractivity contribution in [2.24, 2.45) is 5.73 Å². The van der Waals surface area contributed by atoms with Crippen molar-refractivity contribution in [2.75, 3.05) is 0 Å². The minimum Gasteiger partial charge on any atom is -0.403 e. The molecule has 2 heteroatoms. The molecule has 0 aromatic rings. The maximum atomic E-state index is 10.4. The first-order valence-electron chi connectivity index (χ1n) is 3.05. The summed E-state index contributed by atoms with van der Waals surface area (Å²) in [4.78, 5) is 10.4. The lowest BCUT2D eigenvalue weighted by Crippen LogP contribution is -1.96. The summed E-state index contributed by atoms with van der Waals surface area (Å²) in [5.41, 5.74) is 5.94. The number of ketones is 1. The van der Waals surface area contributed by atoms with Crippen LogP contribution in [0.4, 0.5) is 0 Å². The predicted molar refractivity (Wildman–Crippen MR) is 37.9 cm³/mol. The minimum atomic E-state index is 0.219. The molecule has 0 heterocycles. The van der Waals surface area contributed by atoms with E-state index in [1.165, 1.54) is 0 Å². The zero-order chi connectivity index (χ0) is 7.28. The quantitative estimate of drug-likeness (QED) is 0.617. The smallest absolute Gasteiger partial charge is 0.129 e. The Morgan fingerprint density at radius 2 is 2.11 bits per heavy atom. The largest absolute Gasteiger partial charge is 0.403 e. The highest BCUT2D eigenvalue weighted by molar-refractivity contribution is 5.75. The van der Waals surface area contributed by atoms with Crippen LogP contribution in [0.15, 0.2) is 12.3 Å². The molecule has 52 valence electrons. The molecule has 0 unspecified atom stereocenters. The second kappa shape index (κ2) is 4.13. The number of carbonyl (C=O) groups excluding carboxylic acids is 1. The Balaban J connectivity index is 3.10. The maximum Gasteiger partial charge on any atom is 0.129 e. The average Bonchev–Trinajstić information content (AvgIpc) is 1.63. The number of hydrogen-bond acceptors (Lipinski definition) is 2. The van der Waals surface area contributed by atoms with Crippen LogP contribution in [0.5, 0.6) is 0 Å². The van der Waals surface area contributed by atoms with Gasteiger partial charge in [-0.3, -0.25) is 0 Å². The zero-order valence-electron chi connectivity index (χ0n) is 5.81. The van der Waals surface area contributed by atoms with Crippen LogP contribution in [0.3, 0.4) is 0 Å². The van der Waals surface area contributed by atoms with Gasteiger partial charge in [-0.2, -0.15) is 0 Å². The van der Waals surface area contributed by atoms with Gasteiger partial charge in [0, 0.05) is 12.1 Å². The molecule has 0 aliphatic heterocycles. The van der Waals surface area contributed by atoms with Gasteiger partial charge in [0.2, 0.25) is 0 Å². The van der Waals surface area contributed by atoms with Crippen LogP contribution in [-0.2, 0) is 4.79 Å². The summed E-state index contributed by atoms with van der Waals surface area (Å²) in [5.74, 6) is 0.219. The molecule has 2 N–H and O–H groups in total. The zero-order valence-corrected chi connectivity index (χ0v) is 5.81. The summed E-state index contributed by atoms with van der Waals surface area (Å²) in [5, 5.41) is 0. The van der Waals surface area contributed by atoms with Crippen LogP contribution in [-0.4, -0.2) is 5.78 Å². The topological polar surface area (TPSA) is 43.1 Å². The molecule has 9 heavy (non-hydrogen) atoms. The van der Waals surface area contributed by atoms with Gasteiger partial charge < -0.3 is 10.5 Å². The van der Waals surface area contributed by atoms with Crippen LogP contribution in [0.25, 0.3) is 0 Å². The van der Waals surface area contributed by atoms with Crippen LogP contribution in [0.1, 0.15) is 26.2 Å². The first kappa shape index (κ1) is 8.21. The standard InChI is InChI=1S/C7H13NO/c1-6(8)4-3-5-7(2)9/h1,3-5,8H2,2H3. The van der Waals surface area contributed by atoms with E-state index in [1.807, 2.05) is 0 Å². The van der Waals surface area contributed by atoms with Gasteiger partial charge in [0.25, 0.3) is 0 Å². The third-order valence-corrected chi connectivity index (χ3v) is 1.03. The highest BCUT2D eigenvalue weighted by Crippen LogP contribution is 1.99. The predicted octanol–water partition coefficient (Wildman–Crippen LogP) is 1.22. The van der Waals surface area contributed by atoms with E-state index in [0.717, 1.165) is 12.8 Å². The average molecular weight is 127 g/mol. The van der Waals surface area contributed by atoms with E-state index >= 15 is 0 Å². The molecule has 0 aromatic carbocycles. The highest BCUT2D eigenvalue weighted by atomic mass is 16.1. The van der Waals surface area contributed by atoms with Crippen molar-refractivity contribution < 1.29 is 4.79 Å². The molecule has 0 saturated heterocycles. The minimum absolute atomic E-state index is 0.219. The second-order valence-electron chi connectivity index (χ2n) is 2.21. The first-order valence-corrected chi connectivity index (χ1v) is 3.05. The second-order valence-corrected chi connectivity index (χ2v) is 2.21. The van der Waals surface area contributed by atoms with Gasteiger partial charge >= 0.3 is 0 Å². The van der Waals surface area contributed by atoms with Crippen LogP contribution in [0, 0.1) is 0 Å².